The molecular formula is C15H22F2. The van der Waals surface area contributed by atoms with Gasteiger partial charge >= 0.3 is 0 Å². The molecule has 0 spiro atoms. The average molecular weight is 240 g/mol. The molecule has 0 saturated carbocycles. The Kier molecular flexibility index (Phi) is 3.66. The molecule has 0 bridgehead atoms. The average Bonchev–Trinajstić information content (AvgIpc) is 2.14. The van der Waals surface area contributed by atoms with Crippen molar-refractivity contribution in [3.8, 4) is 0 Å². The smallest absolute Gasteiger partial charge is 0.130 e. The first-order valence-electron chi connectivity index (χ1n) is 6.09. The van der Waals surface area contributed by atoms with Gasteiger partial charge < -0.3 is 0 Å². The maximum atomic E-state index is 14.1. The molecule has 1 aromatic carbocycles. The highest BCUT2D eigenvalue weighted by molar-refractivity contribution is 5.34. The van der Waals surface area contributed by atoms with Crippen LogP contribution in [0.25, 0.3) is 0 Å². The van der Waals surface area contributed by atoms with Crippen molar-refractivity contribution in [2.75, 3.05) is 0 Å². The molecule has 0 aromatic heterocycles. The van der Waals surface area contributed by atoms with Crippen molar-refractivity contribution >= 4 is 0 Å². The van der Waals surface area contributed by atoms with E-state index < -0.39 is 17.0 Å². The first-order chi connectivity index (χ1) is 7.59. The third-order valence-electron chi connectivity index (χ3n) is 3.47. The summed E-state index contributed by atoms with van der Waals surface area (Å²) < 4.78 is 28.2. The Morgan fingerprint density at radius 2 is 1.35 bits per heavy atom. The number of hydrogen-bond donors (Lipinski definition) is 0. The predicted molar refractivity (Wildman–Crippen MR) is 68.4 cm³/mol. The molecule has 0 atom stereocenters. The van der Waals surface area contributed by atoms with E-state index in [1.807, 2.05) is 41.5 Å². The molecule has 0 heterocycles. The first-order valence-corrected chi connectivity index (χ1v) is 6.09. The van der Waals surface area contributed by atoms with Crippen molar-refractivity contribution in [3.05, 3.63) is 34.9 Å². The van der Waals surface area contributed by atoms with E-state index in [1.165, 1.54) is 12.1 Å². The molecule has 1 aromatic rings. The number of benzene rings is 1. The Bertz CT molecular complexity index is 388. The van der Waals surface area contributed by atoms with E-state index in [0.717, 1.165) is 0 Å². The van der Waals surface area contributed by atoms with E-state index in [-0.39, 0.29) is 11.0 Å². The van der Waals surface area contributed by atoms with E-state index in [4.69, 9.17) is 0 Å². The van der Waals surface area contributed by atoms with Crippen LogP contribution in [-0.4, -0.2) is 0 Å². The van der Waals surface area contributed by atoms with Crippen molar-refractivity contribution in [3.63, 3.8) is 0 Å². The van der Waals surface area contributed by atoms with Gasteiger partial charge in [0.2, 0.25) is 0 Å². The highest BCUT2D eigenvalue weighted by Crippen LogP contribution is 2.34. The maximum absolute atomic E-state index is 14.1. The fourth-order valence-corrected chi connectivity index (χ4v) is 1.83. The number of halogens is 2. The van der Waals surface area contributed by atoms with Crippen molar-refractivity contribution in [2.24, 2.45) is 0 Å². The molecule has 0 aliphatic heterocycles. The van der Waals surface area contributed by atoms with Crippen LogP contribution in [0.15, 0.2) is 12.1 Å². The summed E-state index contributed by atoms with van der Waals surface area (Å²) in [6.07, 6.45) is 0.704. The second-order valence-corrected chi connectivity index (χ2v) is 6.30. The first kappa shape index (κ1) is 14.1. The fourth-order valence-electron chi connectivity index (χ4n) is 1.83. The summed E-state index contributed by atoms with van der Waals surface area (Å²) in [6, 6.07) is 2.94. The Labute approximate surface area is 103 Å². The molecule has 2 heteroatoms. The number of hydrogen-bond acceptors (Lipinski definition) is 0. The van der Waals surface area contributed by atoms with Gasteiger partial charge in [-0.2, -0.15) is 0 Å². The van der Waals surface area contributed by atoms with Gasteiger partial charge in [-0.1, -0.05) is 41.5 Å². The molecule has 96 valence electrons. The second kappa shape index (κ2) is 4.40. The molecule has 0 radical (unpaired) electrons. The Hall–Kier alpha value is -0.920. The van der Waals surface area contributed by atoms with E-state index in [2.05, 4.69) is 0 Å². The van der Waals surface area contributed by atoms with Gasteiger partial charge in [-0.3, -0.25) is 0 Å². The highest BCUT2D eigenvalue weighted by Gasteiger charge is 2.28. The van der Waals surface area contributed by atoms with Crippen molar-refractivity contribution in [2.45, 2.75) is 58.8 Å². The van der Waals surface area contributed by atoms with Crippen molar-refractivity contribution in [1.29, 1.82) is 0 Å². The van der Waals surface area contributed by atoms with Gasteiger partial charge in [0.25, 0.3) is 0 Å². The standard InChI is InChI=1S/C15H22F2/c1-7-15(5,6)13-11(16)8-10(9-12(13)17)14(2,3)4/h8-9H,7H2,1-6H3. The largest absolute Gasteiger partial charge is 0.207 e. The minimum absolute atomic E-state index is 0.202. The van der Waals surface area contributed by atoms with Crippen molar-refractivity contribution < 1.29 is 8.78 Å². The fraction of sp³-hybridized carbons (Fsp3) is 0.600. The maximum Gasteiger partial charge on any atom is 0.130 e. The summed E-state index contributed by atoms with van der Waals surface area (Å²) in [5.41, 5.74) is 0.192. The third kappa shape index (κ3) is 2.85. The molecule has 0 fully saturated rings. The van der Waals surface area contributed by atoms with E-state index >= 15 is 0 Å². The van der Waals surface area contributed by atoms with Crippen LogP contribution in [-0.2, 0) is 10.8 Å². The zero-order valence-corrected chi connectivity index (χ0v) is 11.6. The van der Waals surface area contributed by atoms with Crippen LogP contribution in [0.4, 0.5) is 8.78 Å². The molecule has 1 rings (SSSR count). The van der Waals surface area contributed by atoms with Crippen LogP contribution in [0, 0.1) is 11.6 Å². The van der Waals surface area contributed by atoms with E-state index in [9.17, 15) is 8.78 Å². The van der Waals surface area contributed by atoms with E-state index in [1.54, 1.807) is 0 Å². The van der Waals surface area contributed by atoms with Gasteiger partial charge in [0, 0.05) is 5.56 Å². The summed E-state index contributed by atoms with van der Waals surface area (Å²) >= 11 is 0. The lowest BCUT2D eigenvalue weighted by molar-refractivity contribution is 0.430. The predicted octanol–water partition coefficient (Wildman–Crippen LogP) is 4.95. The zero-order chi connectivity index (χ0) is 13.4. The molecule has 17 heavy (non-hydrogen) atoms. The van der Waals surface area contributed by atoms with Gasteiger partial charge in [0.1, 0.15) is 11.6 Å². The number of rotatable bonds is 2. The molecule has 0 nitrogen and oxygen atoms in total. The van der Waals surface area contributed by atoms with Crippen LogP contribution < -0.4 is 0 Å². The lowest BCUT2D eigenvalue weighted by atomic mass is 9.79. The summed E-state index contributed by atoms with van der Waals surface area (Å²) in [7, 11) is 0. The summed E-state index contributed by atoms with van der Waals surface area (Å²) in [5, 5.41) is 0. The lowest BCUT2D eigenvalue weighted by Gasteiger charge is -2.27. The van der Waals surface area contributed by atoms with Gasteiger partial charge in [0.15, 0.2) is 0 Å². The molecule has 0 unspecified atom stereocenters. The topological polar surface area (TPSA) is 0 Å². The van der Waals surface area contributed by atoms with Crippen LogP contribution >= 0.6 is 0 Å². The monoisotopic (exact) mass is 240 g/mol. The van der Waals surface area contributed by atoms with E-state index in [0.29, 0.717) is 12.0 Å². The quantitative estimate of drug-likeness (QED) is 0.686. The summed E-state index contributed by atoms with van der Waals surface area (Å²) in [5.74, 6) is -0.858. The highest BCUT2D eigenvalue weighted by atomic mass is 19.1. The molecule has 0 saturated heterocycles. The Morgan fingerprint density at radius 3 is 1.65 bits per heavy atom. The van der Waals surface area contributed by atoms with Gasteiger partial charge in [0.05, 0.1) is 0 Å². The molecular weight excluding hydrogens is 218 g/mol. The Morgan fingerprint density at radius 1 is 0.941 bits per heavy atom. The summed E-state index contributed by atoms with van der Waals surface area (Å²) in [4.78, 5) is 0. The molecule has 0 aliphatic carbocycles. The summed E-state index contributed by atoms with van der Waals surface area (Å²) in [6.45, 7) is 11.5. The van der Waals surface area contributed by atoms with Gasteiger partial charge in [-0.25, -0.2) is 8.78 Å². The molecule has 0 amide bonds. The van der Waals surface area contributed by atoms with Gasteiger partial charge in [-0.05, 0) is 34.9 Å². The minimum atomic E-state index is -0.468. The van der Waals surface area contributed by atoms with Crippen LogP contribution in [0.3, 0.4) is 0 Å². The normalized spacial score (nSPS) is 12.9. The minimum Gasteiger partial charge on any atom is -0.207 e. The lowest BCUT2D eigenvalue weighted by Crippen LogP contribution is -2.21. The molecule has 0 aliphatic rings. The molecule has 0 N–H and O–H groups in total. The second-order valence-electron chi connectivity index (χ2n) is 6.30. The SMILES string of the molecule is CCC(C)(C)c1c(F)cc(C(C)(C)C)cc1F. The third-order valence-corrected chi connectivity index (χ3v) is 3.47. The van der Waals surface area contributed by atoms with Crippen LogP contribution in [0.2, 0.25) is 0 Å². The van der Waals surface area contributed by atoms with Crippen molar-refractivity contribution in [1.82, 2.24) is 0 Å². The van der Waals surface area contributed by atoms with Gasteiger partial charge in [-0.15, -0.1) is 0 Å². The zero-order valence-electron chi connectivity index (χ0n) is 11.6. The Balaban J connectivity index is 3.40. The van der Waals surface area contributed by atoms with Crippen LogP contribution in [0.5, 0.6) is 0 Å². The van der Waals surface area contributed by atoms with Crippen LogP contribution in [0.1, 0.15) is 59.1 Å².